The van der Waals surface area contributed by atoms with Crippen LogP contribution in [-0.2, 0) is 28.7 Å². The lowest BCUT2D eigenvalue weighted by Gasteiger charge is -2.18. The van der Waals surface area contributed by atoms with E-state index in [2.05, 4.69) is 9.68 Å². The highest BCUT2D eigenvalue weighted by atomic mass is 17.0. The Morgan fingerprint density at radius 3 is 2.21 bits per heavy atom. The van der Waals surface area contributed by atoms with Gasteiger partial charge in [-0.15, -0.1) is 20.2 Å². The largest absolute Gasteiger partial charge is 0.487 e. The van der Waals surface area contributed by atoms with Gasteiger partial charge in [0.2, 0.25) is 6.79 Å². The van der Waals surface area contributed by atoms with Crippen molar-refractivity contribution < 1.29 is 67.8 Å². The second-order valence-corrected chi connectivity index (χ2v) is 8.20. The molecular formula is C24H25N3O16. The molecule has 0 aliphatic heterocycles. The third kappa shape index (κ3) is 11.1. The third-order valence-electron chi connectivity index (χ3n) is 4.95. The number of ether oxygens (including phenoxy) is 5. The standard InChI is InChI=1S/C24H25N3O16/c1-13(28)21(25)24(32)42-20-9-15(7-8-19(20)37-10-16(43-27(35)36)11-40-26(33)34)22(30)38-12-39-23(31)17-5-3-4-6-18(17)41-14(2)29/h3-9,13,16,21,28H,10-12,25H2,1-2H3. The van der Waals surface area contributed by atoms with Crippen LogP contribution in [0.4, 0.5) is 0 Å². The molecule has 2 rings (SSSR count). The summed E-state index contributed by atoms with van der Waals surface area (Å²) in [7, 11) is 0. The van der Waals surface area contributed by atoms with Gasteiger partial charge in [-0.3, -0.25) is 4.79 Å². The first-order valence-corrected chi connectivity index (χ1v) is 11.9. The summed E-state index contributed by atoms with van der Waals surface area (Å²) < 4.78 is 25.2. The SMILES string of the molecule is CC(=O)Oc1ccccc1C(=O)OCOC(=O)c1ccc(OCC(CO[N+](=O)[O-])O[N+](=O)[O-])c(OC(=O)C(N)C(C)O)c1. The quantitative estimate of drug-likeness (QED) is 0.0852. The predicted molar refractivity (Wildman–Crippen MR) is 135 cm³/mol. The van der Waals surface area contributed by atoms with E-state index in [9.17, 15) is 44.5 Å². The van der Waals surface area contributed by atoms with Crippen molar-refractivity contribution in [2.45, 2.75) is 32.1 Å². The van der Waals surface area contributed by atoms with E-state index in [1.807, 2.05) is 0 Å². The number of benzene rings is 2. The first kappa shape index (κ1) is 33.6. The van der Waals surface area contributed by atoms with Gasteiger partial charge < -0.3 is 44.2 Å². The molecule has 43 heavy (non-hydrogen) atoms. The lowest BCUT2D eigenvalue weighted by atomic mass is 10.2. The molecule has 0 bridgehead atoms. The Labute approximate surface area is 241 Å². The van der Waals surface area contributed by atoms with E-state index in [0.717, 1.165) is 25.1 Å². The predicted octanol–water partition coefficient (Wildman–Crippen LogP) is 0.361. The van der Waals surface area contributed by atoms with Gasteiger partial charge in [0.05, 0.1) is 11.7 Å². The number of para-hydroxylation sites is 1. The van der Waals surface area contributed by atoms with Crippen molar-refractivity contribution in [2.75, 3.05) is 20.0 Å². The van der Waals surface area contributed by atoms with Crippen molar-refractivity contribution in [1.29, 1.82) is 0 Å². The molecule has 3 unspecified atom stereocenters. The number of rotatable bonds is 16. The van der Waals surface area contributed by atoms with Crippen molar-refractivity contribution in [3.8, 4) is 17.2 Å². The minimum atomic E-state index is -1.60. The van der Waals surface area contributed by atoms with Crippen LogP contribution in [0.1, 0.15) is 34.6 Å². The normalized spacial score (nSPS) is 12.5. The fourth-order valence-corrected chi connectivity index (χ4v) is 2.94. The Morgan fingerprint density at radius 2 is 1.58 bits per heavy atom. The Morgan fingerprint density at radius 1 is 0.907 bits per heavy atom. The summed E-state index contributed by atoms with van der Waals surface area (Å²) in [6.07, 6.45) is -2.95. The zero-order valence-electron chi connectivity index (χ0n) is 22.4. The summed E-state index contributed by atoms with van der Waals surface area (Å²) in [6.45, 7) is -0.172. The van der Waals surface area contributed by atoms with Crippen LogP contribution in [-0.4, -0.2) is 77.4 Å². The minimum Gasteiger partial charge on any atom is -0.487 e. The van der Waals surface area contributed by atoms with Gasteiger partial charge in [-0.1, -0.05) is 12.1 Å². The number of nitrogens with zero attached hydrogens (tertiary/aromatic N) is 2. The molecule has 0 amide bonds. The summed E-state index contributed by atoms with van der Waals surface area (Å²) in [5.41, 5.74) is 5.18. The van der Waals surface area contributed by atoms with Gasteiger partial charge >= 0.3 is 23.9 Å². The zero-order chi connectivity index (χ0) is 32.1. The minimum absolute atomic E-state index is 0.0837. The molecular weight excluding hydrogens is 586 g/mol. The first-order valence-electron chi connectivity index (χ1n) is 11.9. The molecule has 2 aromatic carbocycles. The molecule has 0 aliphatic rings. The number of carbonyl (C=O) groups is 4. The first-order chi connectivity index (χ1) is 20.3. The molecule has 2 aromatic rings. The van der Waals surface area contributed by atoms with Crippen LogP contribution in [0.25, 0.3) is 0 Å². The van der Waals surface area contributed by atoms with E-state index >= 15 is 0 Å². The average Bonchev–Trinajstić information content (AvgIpc) is 2.93. The summed E-state index contributed by atoms with van der Waals surface area (Å²) in [4.78, 5) is 78.0. The molecule has 19 nitrogen and oxygen atoms in total. The number of nitrogens with two attached hydrogens (primary N) is 1. The highest BCUT2D eigenvalue weighted by Gasteiger charge is 2.25. The molecule has 0 heterocycles. The Hall–Kier alpha value is -5.56. The van der Waals surface area contributed by atoms with Crippen molar-refractivity contribution in [3.63, 3.8) is 0 Å². The van der Waals surface area contributed by atoms with Crippen molar-refractivity contribution in [1.82, 2.24) is 0 Å². The highest BCUT2D eigenvalue weighted by molar-refractivity contribution is 5.94. The highest BCUT2D eigenvalue weighted by Crippen LogP contribution is 2.30. The lowest BCUT2D eigenvalue weighted by Crippen LogP contribution is -2.42. The maximum atomic E-state index is 12.6. The van der Waals surface area contributed by atoms with Gasteiger partial charge in [0.25, 0.3) is 10.2 Å². The molecule has 0 aliphatic carbocycles. The fraction of sp³-hybridized carbons (Fsp3) is 0.333. The number of aliphatic hydroxyl groups is 1. The Bertz CT molecular complexity index is 1350. The monoisotopic (exact) mass is 611 g/mol. The van der Waals surface area contributed by atoms with Crippen molar-refractivity contribution in [3.05, 3.63) is 73.8 Å². The third-order valence-corrected chi connectivity index (χ3v) is 4.95. The molecule has 0 radical (unpaired) electrons. The lowest BCUT2D eigenvalue weighted by molar-refractivity contribution is -0.790. The molecule has 3 N–H and O–H groups in total. The molecule has 0 aromatic heterocycles. The molecule has 232 valence electrons. The molecule has 19 heteroatoms. The maximum Gasteiger partial charge on any atom is 0.344 e. The van der Waals surface area contributed by atoms with Crippen LogP contribution in [0.5, 0.6) is 17.2 Å². The smallest absolute Gasteiger partial charge is 0.344 e. The second-order valence-electron chi connectivity index (χ2n) is 8.20. The van der Waals surface area contributed by atoms with Crippen LogP contribution < -0.4 is 19.9 Å². The van der Waals surface area contributed by atoms with Crippen LogP contribution in [0, 0.1) is 20.2 Å². The number of aliphatic hydroxyl groups excluding tert-OH is 1. The zero-order valence-corrected chi connectivity index (χ0v) is 22.4. The van der Waals surface area contributed by atoms with Gasteiger partial charge in [-0.25, -0.2) is 14.4 Å². The van der Waals surface area contributed by atoms with E-state index in [-0.39, 0.29) is 22.6 Å². The molecule has 3 atom stereocenters. The van der Waals surface area contributed by atoms with E-state index in [1.165, 1.54) is 31.2 Å². The van der Waals surface area contributed by atoms with Crippen molar-refractivity contribution >= 4 is 23.9 Å². The Balaban J connectivity index is 2.18. The summed E-state index contributed by atoms with van der Waals surface area (Å²) >= 11 is 0. The second kappa shape index (κ2) is 16.0. The summed E-state index contributed by atoms with van der Waals surface area (Å²) in [5, 5.41) is 28.3. The molecule has 0 fully saturated rings. The van der Waals surface area contributed by atoms with Crippen molar-refractivity contribution in [2.24, 2.45) is 5.73 Å². The molecule has 0 spiro atoms. The van der Waals surface area contributed by atoms with Gasteiger partial charge in [0.1, 0.15) is 30.6 Å². The Kier molecular flexibility index (Phi) is 12.5. The van der Waals surface area contributed by atoms with Gasteiger partial charge in [0, 0.05) is 6.92 Å². The summed E-state index contributed by atoms with van der Waals surface area (Å²) in [6, 6.07) is 7.25. The van der Waals surface area contributed by atoms with Crippen LogP contribution >= 0.6 is 0 Å². The molecule has 0 saturated heterocycles. The van der Waals surface area contributed by atoms with E-state index in [4.69, 9.17) is 29.4 Å². The van der Waals surface area contributed by atoms with Gasteiger partial charge in [0.15, 0.2) is 17.6 Å². The summed E-state index contributed by atoms with van der Waals surface area (Å²) in [5.74, 6) is -4.79. The van der Waals surface area contributed by atoms with E-state index in [0.29, 0.717) is 0 Å². The topological polar surface area (TPSA) is 265 Å². The number of carbonyl (C=O) groups excluding carboxylic acids is 4. The van der Waals surface area contributed by atoms with E-state index < -0.39 is 78.1 Å². The molecule has 0 saturated carbocycles. The number of esters is 4. The number of hydrogen-bond donors (Lipinski definition) is 2. The number of hydrogen-bond acceptors (Lipinski definition) is 17. The van der Waals surface area contributed by atoms with Crippen LogP contribution in [0.3, 0.4) is 0 Å². The maximum absolute atomic E-state index is 12.6. The fourth-order valence-electron chi connectivity index (χ4n) is 2.94. The van der Waals surface area contributed by atoms with Gasteiger partial charge in [-0.2, -0.15) is 0 Å². The average molecular weight is 611 g/mol. The van der Waals surface area contributed by atoms with E-state index in [1.54, 1.807) is 0 Å². The van der Waals surface area contributed by atoms with Crippen LogP contribution in [0.15, 0.2) is 42.5 Å². The van der Waals surface area contributed by atoms with Crippen LogP contribution in [0.2, 0.25) is 0 Å². The van der Waals surface area contributed by atoms with Gasteiger partial charge in [-0.05, 0) is 37.3 Å².